The summed E-state index contributed by atoms with van der Waals surface area (Å²) in [7, 11) is 2.81. The van der Waals surface area contributed by atoms with Crippen LogP contribution >= 0.6 is 0 Å². The number of furan rings is 1. The summed E-state index contributed by atoms with van der Waals surface area (Å²) >= 11 is 0. The van der Waals surface area contributed by atoms with Gasteiger partial charge in [0.1, 0.15) is 11.5 Å². The van der Waals surface area contributed by atoms with Crippen molar-refractivity contribution in [2.75, 3.05) is 14.2 Å². The van der Waals surface area contributed by atoms with E-state index in [4.69, 9.17) is 4.42 Å². The van der Waals surface area contributed by atoms with E-state index in [0.717, 1.165) is 50.0 Å². The molecule has 1 aromatic rings. The molecule has 0 bridgehead atoms. The van der Waals surface area contributed by atoms with Gasteiger partial charge in [0.2, 0.25) is 0 Å². The second-order valence-electron chi connectivity index (χ2n) is 4.93. The highest BCUT2D eigenvalue weighted by atomic mass is 16.5. The number of rotatable bonds is 10. The molecule has 1 rings (SSSR count). The predicted molar refractivity (Wildman–Crippen MR) is 77.9 cm³/mol. The van der Waals surface area contributed by atoms with Crippen LogP contribution in [0.1, 0.15) is 50.0 Å². The molecule has 0 aliphatic heterocycles. The smallest absolute Gasteiger partial charge is 0.305 e. The summed E-state index contributed by atoms with van der Waals surface area (Å²) in [5.74, 6) is 1.56. The zero-order chi connectivity index (χ0) is 15.5. The Morgan fingerprint density at radius 3 is 1.67 bits per heavy atom. The first kappa shape index (κ1) is 17.3. The molecule has 1 heterocycles. The minimum Gasteiger partial charge on any atom is -0.469 e. The molecular weight excluding hydrogens is 272 g/mol. The van der Waals surface area contributed by atoms with Gasteiger partial charge in [-0.15, -0.1) is 0 Å². The third-order valence-corrected chi connectivity index (χ3v) is 3.28. The Labute approximate surface area is 125 Å². The molecule has 21 heavy (non-hydrogen) atoms. The molecule has 0 aliphatic rings. The third-order valence-electron chi connectivity index (χ3n) is 3.28. The minimum atomic E-state index is -0.166. The lowest BCUT2D eigenvalue weighted by molar-refractivity contribution is -0.141. The van der Waals surface area contributed by atoms with Crippen LogP contribution in [0.5, 0.6) is 0 Å². The Bertz CT molecular complexity index is 397. The number of ether oxygens (including phenoxy) is 2. The number of carbonyl (C=O) groups excluding carboxylic acids is 2. The molecule has 1 aromatic heterocycles. The molecular formula is C16H24O5. The van der Waals surface area contributed by atoms with Crippen molar-refractivity contribution in [1.82, 2.24) is 0 Å². The third kappa shape index (κ3) is 7.54. The molecule has 0 unspecified atom stereocenters. The molecule has 0 fully saturated rings. The van der Waals surface area contributed by atoms with Crippen LogP contribution < -0.4 is 0 Å². The summed E-state index contributed by atoms with van der Waals surface area (Å²) in [6, 6.07) is 3.96. The Balaban J connectivity index is 2.15. The van der Waals surface area contributed by atoms with Gasteiger partial charge in [-0.05, 0) is 37.8 Å². The van der Waals surface area contributed by atoms with Crippen molar-refractivity contribution in [3.05, 3.63) is 23.7 Å². The van der Waals surface area contributed by atoms with Crippen LogP contribution in [0.2, 0.25) is 0 Å². The van der Waals surface area contributed by atoms with Crippen LogP contribution in [0.3, 0.4) is 0 Å². The predicted octanol–water partition coefficient (Wildman–Crippen LogP) is 3.05. The van der Waals surface area contributed by atoms with Gasteiger partial charge in [-0.3, -0.25) is 9.59 Å². The summed E-state index contributed by atoms with van der Waals surface area (Å²) < 4.78 is 14.9. The fourth-order valence-electron chi connectivity index (χ4n) is 2.03. The Morgan fingerprint density at radius 1 is 0.857 bits per heavy atom. The average Bonchev–Trinajstić information content (AvgIpc) is 2.95. The lowest BCUT2D eigenvalue weighted by Gasteiger charge is -2.00. The number of hydrogen-bond acceptors (Lipinski definition) is 5. The molecule has 0 radical (unpaired) electrons. The summed E-state index contributed by atoms with van der Waals surface area (Å²) in [5.41, 5.74) is 0. The van der Waals surface area contributed by atoms with Crippen molar-refractivity contribution in [2.45, 2.75) is 51.4 Å². The molecule has 0 aliphatic carbocycles. The Morgan fingerprint density at radius 2 is 1.29 bits per heavy atom. The zero-order valence-corrected chi connectivity index (χ0v) is 12.9. The monoisotopic (exact) mass is 296 g/mol. The van der Waals surface area contributed by atoms with E-state index in [1.807, 2.05) is 12.1 Å². The van der Waals surface area contributed by atoms with Crippen LogP contribution in [-0.2, 0) is 31.9 Å². The van der Waals surface area contributed by atoms with Crippen LogP contribution in [0.4, 0.5) is 0 Å². The van der Waals surface area contributed by atoms with E-state index in [-0.39, 0.29) is 11.9 Å². The summed E-state index contributed by atoms with van der Waals surface area (Å²) in [4.78, 5) is 21.9. The van der Waals surface area contributed by atoms with E-state index in [0.29, 0.717) is 12.8 Å². The average molecular weight is 296 g/mol. The van der Waals surface area contributed by atoms with Crippen molar-refractivity contribution >= 4 is 11.9 Å². The Kier molecular flexibility index (Phi) is 8.24. The second-order valence-corrected chi connectivity index (χ2v) is 4.93. The number of methoxy groups -OCH3 is 2. The summed E-state index contributed by atoms with van der Waals surface area (Å²) in [5, 5.41) is 0. The van der Waals surface area contributed by atoms with Crippen LogP contribution in [0, 0.1) is 0 Å². The molecule has 0 saturated carbocycles. The maximum absolute atomic E-state index is 11.0. The standard InChI is InChI=1S/C16H24O5/c1-19-15(17)9-5-3-7-13-11-12-14(21-13)8-4-6-10-16(18)20-2/h11-12H,3-10H2,1-2H3. The molecule has 118 valence electrons. The molecule has 0 saturated heterocycles. The number of carbonyl (C=O) groups is 2. The van der Waals surface area contributed by atoms with Gasteiger partial charge in [0, 0.05) is 25.7 Å². The highest BCUT2D eigenvalue weighted by Crippen LogP contribution is 2.14. The normalized spacial score (nSPS) is 10.4. The van der Waals surface area contributed by atoms with Gasteiger partial charge in [-0.25, -0.2) is 0 Å². The largest absolute Gasteiger partial charge is 0.469 e. The maximum atomic E-state index is 11.0. The van der Waals surface area contributed by atoms with E-state index in [2.05, 4.69) is 9.47 Å². The van der Waals surface area contributed by atoms with Crippen molar-refractivity contribution < 1.29 is 23.5 Å². The van der Waals surface area contributed by atoms with Crippen molar-refractivity contribution in [3.63, 3.8) is 0 Å². The Hall–Kier alpha value is -1.78. The summed E-state index contributed by atoms with van der Waals surface area (Å²) in [6.45, 7) is 0. The van der Waals surface area contributed by atoms with Crippen LogP contribution in [0.25, 0.3) is 0 Å². The number of hydrogen-bond donors (Lipinski definition) is 0. The fourth-order valence-corrected chi connectivity index (χ4v) is 2.03. The van der Waals surface area contributed by atoms with Crippen molar-refractivity contribution in [2.24, 2.45) is 0 Å². The highest BCUT2D eigenvalue weighted by molar-refractivity contribution is 5.69. The van der Waals surface area contributed by atoms with Gasteiger partial charge < -0.3 is 13.9 Å². The maximum Gasteiger partial charge on any atom is 0.305 e. The zero-order valence-electron chi connectivity index (χ0n) is 12.9. The molecule has 0 aromatic carbocycles. The van der Waals surface area contributed by atoms with E-state index >= 15 is 0 Å². The van der Waals surface area contributed by atoms with Gasteiger partial charge in [0.25, 0.3) is 0 Å². The molecule has 0 atom stereocenters. The lowest BCUT2D eigenvalue weighted by atomic mass is 10.1. The SMILES string of the molecule is COC(=O)CCCCc1ccc(CCCCC(=O)OC)o1. The molecule has 0 spiro atoms. The topological polar surface area (TPSA) is 65.7 Å². The molecule has 5 heteroatoms. The van der Waals surface area contributed by atoms with Crippen molar-refractivity contribution in [3.8, 4) is 0 Å². The number of esters is 2. The van der Waals surface area contributed by atoms with E-state index in [1.54, 1.807) is 0 Å². The van der Waals surface area contributed by atoms with Gasteiger partial charge in [0.15, 0.2) is 0 Å². The molecule has 0 N–H and O–H groups in total. The first-order valence-electron chi connectivity index (χ1n) is 7.37. The van der Waals surface area contributed by atoms with Gasteiger partial charge in [-0.1, -0.05) is 0 Å². The van der Waals surface area contributed by atoms with Gasteiger partial charge in [0.05, 0.1) is 14.2 Å². The number of aryl methyl sites for hydroxylation is 2. The quantitative estimate of drug-likeness (QED) is 0.490. The van der Waals surface area contributed by atoms with Crippen LogP contribution in [-0.4, -0.2) is 26.2 Å². The first-order valence-corrected chi connectivity index (χ1v) is 7.37. The lowest BCUT2D eigenvalue weighted by Crippen LogP contribution is -1.99. The number of unbranched alkanes of at least 4 members (excludes halogenated alkanes) is 2. The fraction of sp³-hybridized carbons (Fsp3) is 0.625. The molecule has 5 nitrogen and oxygen atoms in total. The summed E-state index contributed by atoms with van der Waals surface area (Å²) in [6.07, 6.45) is 6.01. The van der Waals surface area contributed by atoms with Gasteiger partial charge >= 0.3 is 11.9 Å². The van der Waals surface area contributed by atoms with Crippen molar-refractivity contribution in [1.29, 1.82) is 0 Å². The molecule has 0 amide bonds. The van der Waals surface area contributed by atoms with Gasteiger partial charge in [-0.2, -0.15) is 0 Å². The first-order chi connectivity index (χ1) is 10.2. The van der Waals surface area contributed by atoms with Crippen LogP contribution in [0.15, 0.2) is 16.5 Å². The second kappa shape index (κ2) is 10.0. The van der Waals surface area contributed by atoms with E-state index in [1.165, 1.54) is 14.2 Å². The van der Waals surface area contributed by atoms with E-state index < -0.39 is 0 Å². The van der Waals surface area contributed by atoms with E-state index in [9.17, 15) is 9.59 Å². The highest BCUT2D eigenvalue weighted by Gasteiger charge is 2.05. The minimum absolute atomic E-state index is 0.166.